The highest BCUT2D eigenvalue weighted by Gasteiger charge is 2.13. The van der Waals surface area contributed by atoms with E-state index in [4.69, 9.17) is 5.73 Å². The highest BCUT2D eigenvalue weighted by Crippen LogP contribution is 2.22. The third-order valence-corrected chi connectivity index (χ3v) is 3.41. The van der Waals surface area contributed by atoms with Crippen molar-refractivity contribution in [2.24, 2.45) is 5.73 Å². The van der Waals surface area contributed by atoms with E-state index in [2.05, 4.69) is 5.10 Å². The maximum atomic E-state index is 13.5. The second kappa shape index (κ2) is 5.50. The van der Waals surface area contributed by atoms with E-state index in [-0.39, 0.29) is 5.82 Å². The standard InChI is InChI=1S/C17H16FN3/c1-12-7-13(9-15(18)8-12)17(19)14-10-20-21(11-14)16-5-3-2-4-6-16/h2-11,17H,19H2,1H3. The molecule has 3 nitrogen and oxygen atoms in total. The number of nitrogens with zero attached hydrogens (tertiary/aromatic N) is 2. The van der Waals surface area contributed by atoms with Crippen LogP contribution in [0.25, 0.3) is 5.69 Å². The molecule has 0 saturated carbocycles. The van der Waals surface area contributed by atoms with Crippen LogP contribution in [0.2, 0.25) is 0 Å². The average molecular weight is 281 g/mol. The number of hydrogen-bond donors (Lipinski definition) is 1. The maximum Gasteiger partial charge on any atom is 0.123 e. The lowest BCUT2D eigenvalue weighted by molar-refractivity contribution is 0.622. The van der Waals surface area contributed by atoms with Crippen molar-refractivity contribution >= 4 is 0 Å². The van der Waals surface area contributed by atoms with Gasteiger partial charge in [0.15, 0.2) is 0 Å². The summed E-state index contributed by atoms with van der Waals surface area (Å²) in [4.78, 5) is 0. The Morgan fingerprint density at radius 1 is 1.10 bits per heavy atom. The van der Waals surface area contributed by atoms with Crippen LogP contribution >= 0.6 is 0 Å². The number of para-hydroxylation sites is 1. The van der Waals surface area contributed by atoms with Crippen molar-refractivity contribution in [1.29, 1.82) is 0 Å². The van der Waals surface area contributed by atoms with E-state index < -0.39 is 6.04 Å². The van der Waals surface area contributed by atoms with Gasteiger partial charge >= 0.3 is 0 Å². The quantitative estimate of drug-likeness (QED) is 0.800. The van der Waals surface area contributed by atoms with Crippen molar-refractivity contribution in [3.05, 3.63) is 83.4 Å². The number of aryl methyl sites for hydroxylation is 1. The minimum atomic E-state index is -0.392. The first-order valence-corrected chi connectivity index (χ1v) is 6.76. The molecule has 0 bridgehead atoms. The second-order valence-corrected chi connectivity index (χ2v) is 5.09. The molecule has 1 heterocycles. The molecule has 0 aliphatic rings. The van der Waals surface area contributed by atoms with Crippen LogP contribution in [-0.4, -0.2) is 9.78 Å². The van der Waals surface area contributed by atoms with Crippen molar-refractivity contribution in [2.75, 3.05) is 0 Å². The first-order chi connectivity index (χ1) is 10.1. The summed E-state index contributed by atoms with van der Waals surface area (Å²) in [6, 6.07) is 14.3. The van der Waals surface area contributed by atoms with Gasteiger partial charge in [-0.1, -0.05) is 24.3 Å². The minimum absolute atomic E-state index is 0.268. The summed E-state index contributed by atoms with van der Waals surface area (Å²) in [5.41, 5.74) is 9.65. The van der Waals surface area contributed by atoms with E-state index in [0.29, 0.717) is 0 Å². The third kappa shape index (κ3) is 2.85. The van der Waals surface area contributed by atoms with E-state index in [1.165, 1.54) is 12.1 Å². The molecule has 1 unspecified atom stereocenters. The molecule has 0 fully saturated rings. The molecule has 1 aromatic heterocycles. The Balaban J connectivity index is 1.92. The molecular formula is C17H16FN3. The molecule has 1 atom stereocenters. The number of hydrogen-bond acceptors (Lipinski definition) is 2. The fourth-order valence-corrected chi connectivity index (χ4v) is 2.36. The fourth-order valence-electron chi connectivity index (χ4n) is 2.36. The Hall–Kier alpha value is -2.46. The molecule has 2 N–H and O–H groups in total. The van der Waals surface area contributed by atoms with E-state index in [1.54, 1.807) is 10.9 Å². The minimum Gasteiger partial charge on any atom is -0.320 e. The first kappa shape index (κ1) is 13.5. The van der Waals surface area contributed by atoms with Crippen LogP contribution < -0.4 is 5.73 Å². The molecule has 0 radical (unpaired) electrons. The zero-order valence-electron chi connectivity index (χ0n) is 11.7. The van der Waals surface area contributed by atoms with Crippen LogP contribution in [0.15, 0.2) is 60.9 Å². The van der Waals surface area contributed by atoms with E-state index in [0.717, 1.165) is 22.4 Å². The largest absolute Gasteiger partial charge is 0.320 e. The molecule has 0 aliphatic carbocycles. The van der Waals surface area contributed by atoms with Gasteiger partial charge in [-0.3, -0.25) is 0 Å². The van der Waals surface area contributed by atoms with Gasteiger partial charge in [-0.2, -0.15) is 5.10 Å². The van der Waals surface area contributed by atoms with Crippen LogP contribution in [0.3, 0.4) is 0 Å². The Morgan fingerprint density at radius 3 is 2.57 bits per heavy atom. The molecule has 106 valence electrons. The molecule has 21 heavy (non-hydrogen) atoms. The van der Waals surface area contributed by atoms with Crippen molar-refractivity contribution in [3.63, 3.8) is 0 Å². The summed E-state index contributed by atoms with van der Waals surface area (Å²) < 4.78 is 15.3. The Kier molecular flexibility index (Phi) is 3.54. The summed E-state index contributed by atoms with van der Waals surface area (Å²) in [6.45, 7) is 1.85. The van der Waals surface area contributed by atoms with Gasteiger partial charge in [-0.15, -0.1) is 0 Å². The number of halogens is 1. The zero-order chi connectivity index (χ0) is 14.8. The van der Waals surface area contributed by atoms with Gasteiger partial charge in [-0.25, -0.2) is 9.07 Å². The molecular weight excluding hydrogens is 265 g/mol. The van der Waals surface area contributed by atoms with Crippen molar-refractivity contribution in [2.45, 2.75) is 13.0 Å². The second-order valence-electron chi connectivity index (χ2n) is 5.09. The van der Waals surface area contributed by atoms with Gasteiger partial charge in [0.05, 0.1) is 17.9 Å². The molecule has 2 aromatic carbocycles. The lowest BCUT2D eigenvalue weighted by Gasteiger charge is -2.11. The number of benzene rings is 2. The van der Waals surface area contributed by atoms with Gasteiger partial charge in [-0.05, 0) is 42.3 Å². The van der Waals surface area contributed by atoms with Gasteiger partial charge in [0.25, 0.3) is 0 Å². The predicted octanol–water partition coefficient (Wildman–Crippen LogP) is 3.37. The lowest BCUT2D eigenvalue weighted by Crippen LogP contribution is -2.11. The highest BCUT2D eigenvalue weighted by atomic mass is 19.1. The molecule has 0 saturated heterocycles. The lowest BCUT2D eigenvalue weighted by atomic mass is 10.0. The number of aromatic nitrogens is 2. The van der Waals surface area contributed by atoms with Crippen LogP contribution in [0.5, 0.6) is 0 Å². The molecule has 3 rings (SSSR count). The van der Waals surface area contributed by atoms with Gasteiger partial charge in [0, 0.05) is 11.8 Å². The van der Waals surface area contributed by atoms with Crippen LogP contribution in [-0.2, 0) is 0 Å². The van der Waals surface area contributed by atoms with E-state index >= 15 is 0 Å². The Morgan fingerprint density at radius 2 is 1.86 bits per heavy atom. The van der Waals surface area contributed by atoms with Crippen molar-refractivity contribution in [3.8, 4) is 5.69 Å². The fraction of sp³-hybridized carbons (Fsp3) is 0.118. The zero-order valence-corrected chi connectivity index (χ0v) is 11.7. The van der Waals surface area contributed by atoms with Crippen LogP contribution in [0, 0.1) is 12.7 Å². The summed E-state index contributed by atoms with van der Waals surface area (Å²) >= 11 is 0. The molecule has 3 aromatic rings. The van der Waals surface area contributed by atoms with Gasteiger partial charge in [0.2, 0.25) is 0 Å². The summed E-state index contributed by atoms with van der Waals surface area (Å²) in [6.07, 6.45) is 3.60. The SMILES string of the molecule is Cc1cc(F)cc(C(N)c2cnn(-c3ccccc3)c2)c1. The topological polar surface area (TPSA) is 43.8 Å². The van der Waals surface area contributed by atoms with Crippen LogP contribution in [0.1, 0.15) is 22.7 Å². The molecule has 0 aliphatic heterocycles. The predicted molar refractivity (Wildman–Crippen MR) is 80.7 cm³/mol. The average Bonchev–Trinajstić information content (AvgIpc) is 2.96. The summed E-state index contributed by atoms with van der Waals surface area (Å²) in [5.74, 6) is -0.268. The third-order valence-electron chi connectivity index (χ3n) is 3.41. The molecule has 0 spiro atoms. The highest BCUT2D eigenvalue weighted by molar-refractivity contribution is 5.35. The number of nitrogens with two attached hydrogens (primary N) is 1. The Bertz CT molecular complexity index is 729. The van der Waals surface area contributed by atoms with E-state index in [9.17, 15) is 4.39 Å². The Labute approximate surface area is 122 Å². The van der Waals surface area contributed by atoms with Crippen molar-refractivity contribution < 1.29 is 4.39 Å². The van der Waals surface area contributed by atoms with E-state index in [1.807, 2.05) is 49.5 Å². The van der Waals surface area contributed by atoms with Crippen molar-refractivity contribution in [1.82, 2.24) is 9.78 Å². The monoisotopic (exact) mass is 281 g/mol. The van der Waals surface area contributed by atoms with Crippen LogP contribution in [0.4, 0.5) is 4.39 Å². The first-order valence-electron chi connectivity index (χ1n) is 6.76. The number of rotatable bonds is 3. The smallest absolute Gasteiger partial charge is 0.123 e. The van der Waals surface area contributed by atoms with Gasteiger partial charge in [0.1, 0.15) is 5.82 Å². The normalized spacial score (nSPS) is 12.3. The van der Waals surface area contributed by atoms with Gasteiger partial charge < -0.3 is 5.73 Å². The summed E-state index contributed by atoms with van der Waals surface area (Å²) in [7, 11) is 0. The molecule has 4 heteroatoms. The molecule has 0 amide bonds. The summed E-state index contributed by atoms with van der Waals surface area (Å²) in [5, 5.41) is 4.32. The maximum absolute atomic E-state index is 13.5.